The van der Waals surface area contributed by atoms with Crippen molar-refractivity contribution in [3.8, 4) is 11.3 Å². The van der Waals surface area contributed by atoms with Crippen molar-refractivity contribution in [3.63, 3.8) is 0 Å². The van der Waals surface area contributed by atoms with Crippen molar-refractivity contribution in [3.05, 3.63) is 53.3 Å². The van der Waals surface area contributed by atoms with Crippen molar-refractivity contribution in [1.82, 2.24) is 19.9 Å². The fourth-order valence-corrected chi connectivity index (χ4v) is 2.97. The van der Waals surface area contributed by atoms with E-state index in [1.165, 1.54) is 0 Å². The van der Waals surface area contributed by atoms with Crippen molar-refractivity contribution in [2.24, 2.45) is 0 Å². The van der Waals surface area contributed by atoms with E-state index < -0.39 is 0 Å². The molecule has 2 aromatic heterocycles. The van der Waals surface area contributed by atoms with Gasteiger partial charge in [-0.3, -0.25) is 0 Å². The zero-order valence-electron chi connectivity index (χ0n) is 13.4. The average molecular weight is 325 g/mol. The Labute approximate surface area is 140 Å². The predicted molar refractivity (Wildman–Crippen MR) is 95.0 cm³/mol. The molecule has 6 heteroatoms. The highest BCUT2D eigenvalue weighted by Gasteiger charge is 2.07. The highest BCUT2D eigenvalue weighted by molar-refractivity contribution is 7.13. The Morgan fingerprint density at radius 1 is 1.09 bits per heavy atom. The monoisotopic (exact) mass is 325 g/mol. The van der Waals surface area contributed by atoms with E-state index in [2.05, 4.69) is 30.5 Å². The summed E-state index contributed by atoms with van der Waals surface area (Å²) in [6, 6.07) is 12.1. The molecule has 1 aromatic carbocycles. The number of aryl methyl sites for hydroxylation is 1. The van der Waals surface area contributed by atoms with Crippen molar-refractivity contribution >= 4 is 22.3 Å². The summed E-state index contributed by atoms with van der Waals surface area (Å²) in [6.45, 7) is 2.73. The van der Waals surface area contributed by atoms with Crippen molar-refractivity contribution < 1.29 is 0 Å². The van der Waals surface area contributed by atoms with E-state index in [-0.39, 0.29) is 0 Å². The van der Waals surface area contributed by atoms with Crippen LogP contribution >= 0.6 is 11.3 Å². The average Bonchev–Trinajstić information content (AvgIpc) is 2.93. The van der Waals surface area contributed by atoms with Gasteiger partial charge in [0, 0.05) is 23.6 Å². The minimum absolute atomic E-state index is 0.735. The lowest BCUT2D eigenvalue weighted by Gasteiger charge is -2.07. The molecule has 0 aliphatic heterocycles. The second-order valence-corrected chi connectivity index (χ2v) is 6.42. The van der Waals surface area contributed by atoms with Gasteiger partial charge in [0.1, 0.15) is 11.6 Å². The quantitative estimate of drug-likeness (QED) is 0.775. The van der Waals surface area contributed by atoms with Crippen molar-refractivity contribution in [1.29, 1.82) is 0 Å². The molecule has 0 saturated carbocycles. The van der Waals surface area contributed by atoms with Crippen LogP contribution in [0.3, 0.4) is 0 Å². The van der Waals surface area contributed by atoms with E-state index >= 15 is 0 Å². The molecule has 0 amide bonds. The molecule has 0 aliphatic rings. The lowest BCUT2D eigenvalue weighted by atomic mass is 10.1. The first kappa shape index (κ1) is 15.6. The molecule has 0 atom stereocenters. The Balaban J connectivity index is 1.83. The minimum atomic E-state index is 0.735. The van der Waals surface area contributed by atoms with Crippen LogP contribution in [-0.4, -0.2) is 33.9 Å². The van der Waals surface area contributed by atoms with Crippen molar-refractivity contribution in [2.75, 3.05) is 19.4 Å². The Kier molecular flexibility index (Phi) is 4.64. The van der Waals surface area contributed by atoms with Gasteiger partial charge in [-0.2, -0.15) is 0 Å². The van der Waals surface area contributed by atoms with Crippen LogP contribution < -0.4 is 5.32 Å². The molecule has 0 bridgehead atoms. The number of benzene rings is 1. The number of nitrogens with one attached hydrogen (secondary N) is 1. The molecule has 0 spiro atoms. The molecular formula is C17H19N5S. The molecule has 0 unspecified atom stereocenters. The first-order valence-electron chi connectivity index (χ1n) is 7.37. The summed E-state index contributed by atoms with van der Waals surface area (Å²) >= 11 is 1.58. The van der Waals surface area contributed by atoms with Gasteiger partial charge in [0.2, 0.25) is 0 Å². The second kappa shape index (κ2) is 6.85. The van der Waals surface area contributed by atoms with E-state index in [0.717, 1.165) is 40.3 Å². The molecule has 0 saturated heterocycles. The maximum absolute atomic E-state index is 4.58. The van der Waals surface area contributed by atoms with Crippen LogP contribution in [0.2, 0.25) is 0 Å². The molecule has 5 nitrogen and oxygen atoms in total. The first-order chi connectivity index (χ1) is 11.1. The minimum Gasteiger partial charge on any atom is -0.316 e. The van der Waals surface area contributed by atoms with Gasteiger partial charge in [-0.15, -0.1) is 11.3 Å². The summed E-state index contributed by atoms with van der Waals surface area (Å²) in [6.07, 6.45) is 0. The largest absolute Gasteiger partial charge is 0.316 e. The Hall–Kier alpha value is -2.31. The Morgan fingerprint density at radius 2 is 1.87 bits per heavy atom. The van der Waals surface area contributed by atoms with Gasteiger partial charge in [-0.1, -0.05) is 30.3 Å². The van der Waals surface area contributed by atoms with Gasteiger partial charge < -0.3 is 10.2 Å². The highest BCUT2D eigenvalue weighted by atomic mass is 32.1. The van der Waals surface area contributed by atoms with E-state index in [1.807, 2.05) is 57.4 Å². The van der Waals surface area contributed by atoms with Crippen LogP contribution in [0.25, 0.3) is 11.3 Å². The SMILES string of the molecule is Cc1nc(Nc2nc(CN(C)C)cs2)cc(-c2ccccc2)n1. The fraction of sp³-hybridized carbons (Fsp3) is 0.235. The third-order valence-corrected chi connectivity index (χ3v) is 3.98. The Bertz CT molecular complexity index is 783. The number of thiazole rings is 1. The standard InChI is InChI=1S/C17H19N5S/c1-12-18-15(13-7-5-4-6-8-13)9-16(19-12)21-17-20-14(11-23-17)10-22(2)3/h4-9,11H,10H2,1-3H3,(H,18,19,20,21). The first-order valence-corrected chi connectivity index (χ1v) is 8.25. The summed E-state index contributed by atoms with van der Waals surface area (Å²) in [5.74, 6) is 1.50. The van der Waals surface area contributed by atoms with E-state index in [4.69, 9.17) is 0 Å². The third kappa shape index (κ3) is 4.12. The number of aromatic nitrogens is 3. The molecular weight excluding hydrogens is 306 g/mol. The van der Waals surface area contributed by atoms with Crippen molar-refractivity contribution in [2.45, 2.75) is 13.5 Å². The van der Waals surface area contributed by atoms with Gasteiger partial charge >= 0.3 is 0 Å². The molecule has 0 radical (unpaired) electrons. The number of anilines is 2. The summed E-state index contributed by atoms with van der Waals surface area (Å²) in [5, 5.41) is 6.20. The molecule has 1 N–H and O–H groups in total. The molecule has 0 aliphatic carbocycles. The normalized spacial score (nSPS) is 11.0. The lowest BCUT2D eigenvalue weighted by molar-refractivity contribution is 0.398. The van der Waals surface area contributed by atoms with Crippen LogP contribution in [0.5, 0.6) is 0 Å². The Morgan fingerprint density at radius 3 is 2.61 bits per heavy atom. The molecule has 0 fully saturated rings. The number of hydrogen-bond acceptors (Lipinski definition) is 6. The molecule has 2 heterocycles. The topological polar surface area (TPSA) is 53.9 Å². The zero-order valence-corrected chi connectivity index (χ0v) is 14.3. The summed E-state index contributed by atoms with van der Waals surface area (Å²) in [4.78, 5) is 15.7. The van der Waals surface area contributed by atoms with Crippen LogP contribution in [0.4, 0.5) is 10.9 Å². The van der Waals surface area contributed by atoms with E-state index in [1.54, 1.807) is 11.3 Å². The van der Waals surface area contributed by atoms with Gasteiger partial charge in [0.25, 0.3) is 0 Å². The summed E-state index contributed by atoms with van der Waals surface area (Å²) in [5.41, 5.74) is 3.04. The zero-order chi connectivity index (χ0) is 16.2. The number of hydrogen-bond donors (Lipinski definition) is 1. The van der Waals surface area contributed by atoms with Gasteiger partial charge in [0.15, 0.2) is 5.13 Å². The summed E-state index contributed by atoms with van der Waals surface area (Å²) in [7, 11) is 4.07. The van der Waals surface area contributed by atoms with Gasteiger partial charge in [0.05, 0.1) is 11.4 Å². The smallest absolute Gasteiger partial charge is 0.188 e. The predicted octanol–water partition coefficient (Wildman–Crippen LogP) is 3.71. The molecule has 23 heavy (non-hydrogen) atoms. The molecule has 3 rings (SSSR count). The number of nitrogens with zero attached hydrogens (tertiary/aromatic N) is 4. The lowest BCUT2D eigenvalue weighted by Crippen LogP contribution is -2.10. The van der Waals surface area contributed by atoms with E-state index in [9.17, 15) is 0 Å². The maximum Gasteiger partial charge on any atom is 0.188 e. The van der Waals surface area contributed by atoms with Gasteiger partial charge in [-0.25, -0.2) is 15.0 Å². The van der Waals surface area contributed by atoms with Gasteiger partial charge in [-0.05, 0) is 21.0 Å². The highest BCUT2D eigenvalue weighted by Crippen LogP contribution is 2.24. The molecule has 3 aromatic rings. The second-order valence-electron chi connectivity index (χ2n) is 5.56. The number of rotatable bonds is 5. The van der Waals surface area contributed by atoms with Crippen LogP contribution in [0, 0.1) is 6.92 Å². The van der Waals surface area contributed by atoms with Crippen LogP contribution in [0.1, 0.15) is 11.5 Å². The maximum atomic E-state index is 4.58. The fourth-order valence-electron chi connectivity index (χ4n) is 2.26. The molecule has 118 valence electrons. The van der Waals surface area contributed by atoms with E-state index in [0.29, 0.717) is 0 Å². The summed E-state index contributed by atoms with van der Waals surface area (Å²) < 4.78 is 0. The van der Waals surface area contributed by atoms with Crippen LogP contribution in [0.15, 0.2) is 41.8 Å². The third-order valence-electron chi connectivity index (χ3n) is 3.17. The van der Waals surface area contributed by atoms with Crippen LogP contribution in [-0.2, 0) is 6.54 Å².